The van der Waals surface area contributed by atoms with Crippen LogP contribution in [-0.2, 0) is 22.9 Å². The molecule has 0 unspecified atom stereocenters. The number of aromatic nitrogens is 2. The van der Waals surface area contributed by atoms with Gasteiger partial charge in [0.1, 0.15) is 4.21 Å². The summed E-state index contributed by atoms with van der Waals surface area (Å²) in [5, 5.41) is 10.4. The number of aryl methyl sites for hydroxylation is 2. The van der Waals surface area contributed by atoms with E-state index >= 15 is 0 Å². The number of rotatable bonds is 3. The molecule has 0 aromatic carbocycles. The molecule has 0 amide bonds. The Morgan fingerprint density at radius 3 is 2.65 bits per heavy atom. The average molecular weight is 350 g/mol. The molecule has 2 aromatic heterocycles. The van der Waals surface area contributed by atoms with Crippen molar-refractivity contribution in [1.29, 1.82) is 0 Å². The van der Waals surface area contributed by atoms with Crippen molar-refractivity contribution in [1.82, 2.24) is 14.5 Å². The minimum atomic E-state index is -3.34. The number of thiophene rings is 1. The van der Waals surface area contributed by atoms with E-state index in [0.717, 1.165) is 30.8 Å². The van der Waals surface area contributed by atoms with E-state index in [1.165, 1.54) is 16.9 Å². The quantitative estimate of drug-likeness (QED) is 0.840. The van der Waals surface area contributed by atoms with Gasteiger partial charge >= 0.3 is 0 Å². The maximum Gasteiger partial charge on any atom is 0.252 e. The minimum Gasteiger partial charge on any atom is -0.352 e. The van der Waals surface area contributed by atoms with Crippen LogP contribution < -0.4 is 4.90 Å². The molecular formula is C15H18N4O2S2. The highest BCUT2D eigenvalue weighted by Crippen LogP contribution is 2.25. The number of nitrogens with zero attached hydrogens (tertiary/aromatic N) is 4. The molecule has 0 atom stereocenters. The first-order chi connectivity index (χ1) is 11.1. The summed E-state index contributed by atoms with van der Waals surface area (Å²) < 4.78 is 27.1. The fourth-order valence-corrected chi connectivity index (χ4v) is 5.73. The summed E-state index contributed by atoms with van der Waals surface area (Å²) in [6.07, 6.45) is 3.25. The summed E-state index contributed by atoms with van der Waals surface area (Å²) in [6.45, 7) is 2.27. The molecule has 1 fully saturated rings. The zero-order valence-electron chi connectivity index (χ0n) is 12.7. The van der Waals surface area contributed by atoms with E-state index in [1.807, 2.05) is 0 Å². The third-order valence-electron chi connectivity index (χ3n) is 4.46. The molecule has 23 heavy (non-hydrogen) atoms. The summed E-state index contributed by atoms with van der Waals surface area (Å²) >= 11 is 1.27. The van der Waals surface area contributed by atoms with Gasteiger partial charge in [-0.1, -0.05) is 6.07 Å². The molecule has 122 valence electrons. The number of sulfonamides is 1. The Labute approximate surface area is 139 Å². The van der Waals surface area contributed by atoms with Crippen LogP contribution >= 0.6 is 11.3 Å². The Bertz CT molecular complexity index is 797. The van der Waals surface area contributed by atoms with Crippen LogP contribution in [-0.4, -0.2) is 49.1 Å². The van der Waals surface area contributed by atoms with E-state index in [2.05, 4.69) is 21.2 Å². The molecule has 0 spiro atoms. The van der Waals surface area contributed by atoms with Gasteiger partial charge in [-0.15, -0.1) is 16.4 Å². The van der Waals surface area contributed by atoms with Crippen LogP contribution in [0, 0.1) is 0 Å². The number of anilines is 1. The Morgan fingerprint density at radius 2 is 1.91 bits per heavy atom. The number of hydrogen-bond acceptors (Lipinski definition) is 6. The average Bonchev–Trinajstić information content (AvgIpc) is 3.26. The second-order valence-electron chi connectivity index (χ2n) is 5.85. The molecule has 6 nitrogen and oxygen atoms in total. The van der Waals surface area contributed by atoms with Crippen LogP contribution in [0.3, 0.4) is 0 Å². The van der Waals surface area contributed by atoms with E-state index < -0.39 is 10.0 Å². The molecule has 1 aliphatic heterocycles. The first kappa shape index (κ1) is 15.0. The van der Waals surface area contributed by atoms with Crippen LogP contribution in [0.1, 0.15) is 17.7 Å². The van der Waals surface area contributed by atoms with Gasteiger partial charge in [0.25, 0.3) is 10.0 Å². The molecule has 0 saturated carbocycles. The molecular weight excluding hydrogens is 332 g/mol. The summed E-state index contributed by atoms with van der Waals surface area (Å²) in [5.74, 6) is 0.874. The highest BCUT2D eigenvalue weighted by atomic mass is 32.2. The van der Waals surface area contributed by atoms with Crippen molar-refractivity contribution < 1.29 is 8.42 Å². The van der Waals surface area contributed by atoms with E-state index in [4.69, 9.17) is 0 Å². The first-order valence-corrected chi connectivity index (χ1v) is 10.1. The van der Waals surface area contributed by atoms with Gasteiger partial charge < -0.3 is 4.90 Å². The Kier molecular flexibility index (Phi) is 3.82. The molecule has 0 radical (unpaired) electrons. The zero-order chi connectivity index (χ0) is 15.9. The number of piperazine rings is 1. The zero-order valence-corrected chi connectivity index (χ0v) is 14.3. The lowest BCUT2D eigenvalue weighted by Crippen LogP contribution is -2.48. The van der Waals surface area contributed by atoms with Gasteiger partial charge in [0.05, 0.1) is 5.69 Å². The first-order valence-electron chi connectivity index (χ1n) is 7.79. The summed E-state index contributed by atoms with van der Waals surface area (Å²) in [7, 11) is -3.34. The van der Waals surface area contributed by atoms with Crippen LogP contribution in [0.5, 0.6) is 0 Å². The highest BCUT2D eigenvalue weighted by molar-refractivity contribution is 7.91. The highest BCUT2D eigenvalue weighted by Gasteiger charge is 2.30. The van der Waals surface area contributed by atoms with Crippen LogP contribution in [0.25, 0.3) is 0 Å². The fraction of sp³-hybridized carbons (Fsp3) is 0.467. The molecule has 8 heteroatoms. The molecule has 0 bridgehead atoms. The summed E-state index contributed by atoms with van der Waals surface area (Å²) in [4.78, 5) is 2.13. The van der Waals surface area contributed by atoms with E-state index in [1.54, 1.807) is 21.8 Å². The molecule has 1 aliphatic carbocycles. The van der Waals surface area contributed by atoms with Crippen molar-refractivity contribution in [2.75, 3.05) is 31.1 Å². The lowest BCUT2D eigenvalue weighted by molar-refractivity contribution is 0.384. The molecule has 2 aliphatic rings. The van der Waals surface area contributed by atoms with Gasteiger partial charge in [0.2, 0.25) is 0 Å². The van der Waals surface area contributed by atoms with Crippen molar-refractivity contribution in [3.8, 4) is 0 Å². The molecule has 0 N–H and O–H groups in total. The molecule has 1 saturated heterocycles. The van der Waals surface area contributed by atoms with Gasteiger partial charge in [-0.2, -0.15) is 9.40 Å². The van der Waals surface area contributed by atoms with Crippen molar-refractivity contribution >= 4 is 27.2 Å². The Hall–Kier alpha value is -1.51. The summed E-state index contributed by atoms with van der Waals surface area (Å²) in [5.41, 5.74) is 2.41. The largest absolute Gasteiger partial charge is 0.352 e. The third-order valence-corrected chi connectivity index (χ3v) is 7.73. The lowest BCUT2D eigenvalue weighted by Gasteiger charge is -2.34. The van der Waals surface area contributed by atoms with Crippen LogP contribution in [0.2, 0.25) is 0 Å². The van der Waals surface area contributed by atoms with E-state index in [0.29, 0.717) is 30.4 Å². The summed E-state index contributed by atoms with van der Waals surface area (Å²) in [6, 6.07) is 5.56. The second-order valence-corrected chi connectivity index (χ2v) is 8.96. The smallest absolute Gasteiger partial charge is 0.252 e. The van der Waals surface area contributed by atoms with E-state index in [-0.39, 0.29) is 0 Å². The fourth-order valence-electron chi connectivity index (χ4n) is 3.17. The molecule has 3 heterocycles. The molecule has 2 aromatic rings. The van der Waals surface area contributed by atoms with Gasteiger partial charge in [-0.3, -0.25) is 0 Å². The van der Waals surface area contributed by atoms with Gasteiger partial charge in [-0.05, 0) is 42.3 Å². The van der Waals surface area contributed by atoms with Crippen molar-refractivity contribution in [3.05, 3.63) is 34.8 Å². The minimum absolute atomic E-state index is 0.420. The maximum absolute atomic E-state index is 12.5. The SMILES string of the molecule is O=S(=O)(c1cccs1)N1CCN(c2cc3c(nn2)CCC3)CC1. The van der Waals surface area contributed by atoms with Crippen molar-refractivity contribution in [2.24, 2.45) is 0 Å². The lowest BCUT2D eigenvalue weighted by atomic mass is 10.2. The Morgan fingerprint density at radius 1 is 1.09 bits per heavy atom. The van der Waals surface area contributed by atoms with Gasteiger partial charge in [-0.25, -0.2) is 8.42 Å². The second kappa shape index (κ2) is 5.85. The predicted molar refractivity (Wildman–Crippen MR) is 89.3 cm³/mol. The topological polar surface area (TPSA) is 66.4 Å². The van der Waals surface area contributed by atoms with Gasteiger partial charge in [0.15, 0.2) is 5.82 Å². The maximum atomic E-state index is 12.5. The van der Waals surface area contributed by atoms with Crippen LogP contribution in [0.15, 0.2) is 27.8 Å². The standard InChI is InChI=1S/C15H18N4O2S2/c20-23(21,15-5-2-10-22-15)19-8-6-18(7-9-19)14-11-12-3-1-4-13(12)16-17-14/h2,5,10-11H,1,3-4,6-9H2. The number of hydrogen-bond donors (Lipinski definition) is 0. The monoisotopic (exact) mass is 350 g/mol. The number of fused-ring (bicyclic) bond motifs is 1. The predicted octanol–water partition coefficient (Wildman–Crippen LogP) is 1.54. The normalized spacial score (nSPS) is 19.0. The third kappa shape index (κ3) is 2.75. The Balaban J connectivity index is 1.47. The molecule has 4 rings (SSSR count). The van der Waals surface area contributed by atoms with Crippen LogP contribution in [0.4, 0.5) is 5.82 Å². The van der Waals surface area contributed by atoms with Gasteiger partial charge in [0, 0.05) is 26.2 Å². The van der Waals surface area contributed by atoms with Crippen molar-refractivity contribution in [2.45, 2.75) is 23.5 Å². The van der Waals surface area contributed by atoms with Crippen molar-refractivity contribution in [3.63, 3.8) is 0 Å². The van der Waals surface area contributed by atoms with E-state index in [9.17, 15) is 8.42 Å².